The molecule has 0 unspecified atom stereocenters. The highest BCUT2D eigenvalue weighted by Gasteiger charge is 2.54. The summed E-state index contributed by atoms with van der Waals surface area (Å²) in [7, 11) is 0. The van der Waals surface area contributed by atoms with E-state index in [1.165, 1.54) is 4.90 Å². The van der Waals surface area contributed by atoms with E-state index >= 15 is 0 Å². The number of ether oxygens (including phenoxy) is 1. The largest absolute Gasteiger partial charge is 0.494 e. The summed E-state index contributed by atoms with van der Waals surface area (Å²) in [6.45, 7) is 4.90. The van der Waals surface area contributed by atoms with E-state index in [0.717, 1.165) is 11.1 Å². The van der Waals surface area contributed by atoms with E-state index in [2.05, 4.69) is 10.3 Å². The van der Waals surface area contributed by atoms with E-state index in [4.69, 9.17) is 4.74 Å². The molecule has 2 aromatic rings. The van der Waals surface area contributed by atoms with Gasteiger partial charge in [-0.25, -0.2) is 4.90 Å². The van der Waals surface area contributed by atoms with Gasteiger partial charge in [0.25, 0.3) is 11.8 Å². The maximum Gasteiger partial charge on any atom is 0.263 e. The van der Waals surface area contributed by atoms with Gasteiger partial charge in [0.15, 0.2) is 12.1 Å². The highest BCUT2D eigenvalue weighted by molar-refractivity contribution is 6.25. The summed E-state index contributed by atoms with van der Waals surface area (Å²) in [4.78, 5) is 26.9. The first-order valence-electron chi connectivity index (χ1n) is 8.92. The summed E-state index contributed by atoms with van der Waals surface area (Å²) >= 11 is 0. The molecule has 2 heterocycles. The number of aryl methyl sites for hydroxylation is 1. The van der Waals surface area contributed by atoms with Gasteiger partial charge in [-0.1, -0.05) is 35.1 Å². The third-order valence-corrected chi connectivity index (χ3v) is 4.69. The van der Waals surface area contributed by atoms with E-state index in [9.17, 15) is 9.59 Å². The fraction of sp³-hybridized carbons (Fsp3) is 0.300. The Kier molecular flexibility index (Phi) is 4.35. The molecule has 2 amide bonds. The van der Waals surface area contributed by atoms with Gasteiger partial charge in [0.05, 0.1) is 18.8 Å². The number of anilines is 1. The third kappa shape index (κ3) is 3.05. The molecule has 0 aromatic heterocycles. The monoisotopic (exact) mass is 364 g/mol. The van der Waals surface area contributed by atoms with Crippen LogP contribution in [0.1, 0.15) is 18.1 Å². The van der Waals surface area contributed by atoms with Crippen LogP contribution >= 0.6 is 0 Å². The molecular weight excluding hydrogens is 344 g/mol. The van der Waals surface area contributed by atoms with Gasteiger partial charge in [0, 0.05) is 0 Å². The molecule has 7 nitrogen and oxygen atoms in total. The number of benzene rings is 2. The lowest BCUT2D eigenvalue weighted by Crippen LogP contribution is -2.39. The van der Waals surface area contributed by atoms with E-state index in [0.29, 0.717) is 24.6 Å². The molecule has 138 valence electrons. The van der Waals surface area contributed by atoms with Crippen LogP contribution in [0.3, 0.4) is 0 Å². The van der Waals surface area contributed by atoms with Crippen molar-refractivity contribution in [3.05, 3.63) is 59.7 Å². The molecule has 7 heteroatoms. The first-order chi connectivity index (χ1) is 13.1. The number of hydrogen-bond acceptors (Lipinski definition) is 6. The van der Waals surface area contributed by atoms with Gasteiger partial charge in [0.2, 0.25) is 0 Å². The highest BCUT2D eigenvalue weighted by atomic mass is 16.5. The third-order valence-electron chi connectivity index (χ3n) is 4.69. The van der Waals surface area contributed by atoms with E-state index in [1.54, 1.807) is 29.3 Å². The summed E-state index contributed by atoms with van der Waals surface area (Å²) < 4.78 is 5.41. The van der Waals surface area contributed by atoms with Gasteiger partial charge < -0.3 is 4.74 Å². The fourth-order valence-corrected chi connectivity index (χ4v) is 3.46. The number of nitrogens with zero attached hydrogens (tertiary/aromatic N) is 4. The number of carbonyl (C=O) groups excluding carboxylic acids is 2. The standard InChI is InChI=1S/C20H20N4O3/c1-3-27-16-9-7-15(8-10-16)24-19(25)17-18(20(24)26)23(22-21-17)12-14-6-4-5-13(2)11-14/h4-11,17-18H,3,12H2,1-2H3/t17-,18-/m1/s1. The molecule has 0 spiro atoms. The van der Waals surface area contributed by atoms with Crippen LogP contribution < -0.4 is 9.64 Å². The Labute approximate surface area is 157 Å². The van der Waals surface area contributed by atoms with Gasteiger partial charge in [-0.15, -0.1) is 0 Å². The Balaban J connectivity index is 1.56. The Hall–Kier alpha value is -3.22. The molecule has 0 N–H and O–H groups in total. The van der Waals surface area contributed by atoms with Crippen LogP contribution in [0.5, 0.6) is 5.75 Å². The molecule has 1 saturated heterocycles. The fourth-order valence-electron chi connectivity index (χ4n) is 3.46. The predicted octanol–water partition coefficient (Wildman–Crippen LogP) is 2.89. The van der Waals surface area contributed by atoms with Crippen molar-refractivity contribution in [2.45, 2.75) is 32.5 Å². The molecule has 2 aliphatic heterocycles. The zero-order chi connectivity index (χ0) is 19.0. The lowest BCUT2D eigenvalue weighted by atomic mass is 10.1. The van der Waals surface area contributed by atoms with Gasteiger partial charge in [-0.3, -0.25) is 14.6 Å². The van der Waals surface area contributed by atoms with Crippen molar-refractivity contribution in [1.82, 2.24) is 5.01 Å². The summed E-state index contributed by atoms with van der Waals surface area (Å²) in [6.07, 6.45) is 0. The molecule has 2 aromatic carbocycles. The van der Waals surface area contributed by atoms with Crippen LogP contribution in [0, 0.1) is 6.92 Å². The number of carbonyl (C=O) groups is 2. The van der Waals surface area contributed by atoms with Crippen molar-refractivity contribution >= 4 is 17.5 Å². The van der Waals surface area contributed by atoms with Crippen molar-refractivity contribution in [3.63, 3.8) is 0 Å². The summed E-state index contributed by atoms with van der Waals surface area (Å²) in [6, 6.07) is 13.4. The van der Waals surface area contributed by atoms with E-state index < -0.39 is 12.1 Å². The highest BCUT2D eigenvalue weighted by Crippen LogP contribution is 2.33. The maximum absolute atomic E-state index is 13.0. The topological polar surface area (TPSA) is 74.6 Å². The molecule has 0 bridgehead atoms. The average Bonchev–Trinajstić information content (AvgIpc) is 3.17. The second-order valence-corrected chi connectivity index (χ2v) is 6.62. The van der Waals surface area contributed by atoms with Gasteiger partial charge in [-0.2, -0.15) is 5.11 Å². The summed E-state index contributed by atoms with van der Waals surface area (Å²) in [5.74, 6) is 0.0535. The normalized spacial score (nSPS) is 21.1. The van der Waals surface area contributed by atoms with E-state index in [1.807, 2.05) is 38.1 Å². The van der Waals surface area contributed by atoms with Crippen LogP contribution in [-0.4, -0.2) is 35.5 Å². The van der Waals surface area contributed by atoms with Crippen LogP contribution in [0.4, 0.5) is 5.69 Å². The predicted molar refractivity (Wildman–Crippen MR) is 99.3 cm³/mol. The number of amides is 2. The average molecular weight is 364 g/mol. The Morgan fingerprint density at radius 2 is 1.85 bits per heavy atom. The lowest BCUT2D eigenvalue weighted by molar-refractivity contribution is -0.123. The molecule has 4 rings (SSSR count). The van der Waals surface area contributed by atoms with Crippen LogP contribution in [0.2, 0.25) is 0 Å². The van der Waals surface area contributed by atoms with Gasteiger partial charge in [0.1, 0.15) is 5.75 Å². The molecule has 1 fully saturated rings. The second-order valence-electron chi connectivity index (χ2n) is 6.62. The second kappa shape index (κ2) is 6.83. The zero-order valence-corrected chi connectivity index (χ0v) is 15.2. The molecule has 2 atom stereocenters. The molecule has 0 radical (unpaired) electrons. The van der Waals surface area contributed by atoms with Crippen molar-refractivity contribution in [2.24, 2.45) is 10.3 Å². The molecule has 2 aliphatic rings. The van der Waals surface area contributed by atoms with Crippen molar-refractivity contribution in [3.8, 4) is 5.75 Å². The first kappa shape index (κ1) is 17.2. The molecule has 0 saturated carbocycles. The minimum atomic E-state index is -0.783. The summed E-state index contributed by atoms with van der Waals surface area (Å²) in [5, 5.41) is 9.75. The van der Waals surface area contributed by atoms with Gasteiger partial charge >= 0.3 is 0 Å². The number of hydrogen-bond donors (Lipinski definition) is 0. The number of imide groups is 1. The Morgan fingerprint density at radius 1 is 1.07 bits per heavy atom. The Morgan fingerprint density at radius 3 is 2.56 bits per heavy atom. The minimum Gasteiger partial charge on any atom is -0.494 e. The molecular formula is C20H20N4O3. The van der Waals surface area contributed by atoms with Crippen LogP contribution in [-0.2, 0) is 16.1 Å². The quantitative estimate of drug-likeness (QED) is 0.765. The smallest absolute Gasteiger partial charge is 0.263 e. The van der Waals surface area contributed by atoms with Crippen molar-refractivity contribution in [2.75, 3.05) is 11.5 Å². The van der Waals surface area contributed by atoms with Crippen molar-refractivity contribution in [1.29, 1.82) is 0 Å². The van der Waals surface area contributed by atoms with Crippen LogP contribution in [0.25, 0.3) is 0 Å². The number of fused-ring (bicyclic) bond motifs is 1. The van der Waals surface area contributed by atoms with Crippen molar-refractivity contribution < 1.29 is 14.3 Å². The zero-order valence-electron chi connectivity index (χ0n) is 15.2. The van der Waals surface area contributed by atoms with Gasteiger partial charge in [-0.05, 0) is 43.7 Å². The van der Waals surface area contributed by atoms with Crippen LogP contribution in [0.15, 0.2) is 58.9 Å². The minimum absolute atomic E-state index is 0.299. The molecule has 0 aliphatic carbocycles. The lowest BCUT2D eigenvalue weighted by Gasteiger charge is -2.21. The van der Waals surface area contributed by atoms with E-state index in [-0.39, 0.29) is 11.8 Å². The Bertz CT molecular complexity index is 910. The number of rotatable bonds is 5. The molecule has 27 heavy (non-hydrogen) atoms. The SMILES string of the molecule is CCOc1ccc(N2C(=O)[C@@H]3N=NN(Cc4cccc(C)c4)[C@H]3C2=O)cc1. The maximum atomic E-state index is 13.0. The first-order valence-corrected chi connectivity index (χ1v) is 8.92. The summed E-state index contributed by atoms with van der Waals surface area (Å²) in [5.41, 5.74) is 2.67.